The number of carbonyl (C=O) groups excluding carboxylic acids is 1. The molecule has 0 amide bonds. The molecule has 0 aliphatic carbocycles. The topological polar surface area (TPSA) is 52.3 Å². The molecule has 0 saturated heterocycles. The average molecular weight is 308 g/mol. The Morgan fingerprint density at radius 2 is 2.00 bits per heavy atom. The van der Waals surface area contributed by atoms with Gasteiger partial charge in [-0.3, -0.25) is 4.79 Å². The van der Waals surface area contributed by atoms with Crippen LogP contribution in [0.3, 0.4) is 0 Å². The Morgan fingerprint density at radius 1 is 1.47 bits per heavy atom. The molecule has 1 atom stereocenters. The molecule has 6 heteroatoms. The van der Waals surface area contributed by atoms with Gasteiger partial charge in [0.05, 0.1) is 13.0 Å². The van der Waals surface area contributed by atoms with Crippen LogP contribution in [-0.2, 0) is 9.53 Å². The zero-order chi connectivity index (χ0) is 13.0. The lowest BCUT2D eigenvalue weighted by molar-refractivity contribution is -0.143. The highest BCUT2D eigenvalue weighted by Gasteiger charge is 2.20. The van der Waals surface area contributed by atoms with E-state index in [4.69, 9.17) is 5.73 Å². The van der Waals surface area contributed by atoms with Gasteiger partial charge in [0.25, 0.3) is 0 Å². The lowest BCUT2D eigenvalue weighted by Crippen LogP contribution is -2.19. The maximum absolute atomic E-state index is 13.5. The van der Waals surface area contributed by atoms with Crippen molar-refractivity contribution in [3.8, 4) is 0 Å². The molecule has 1 rings (SSSR count). The van der Waals surface area contributed by atoms with Gasteiger partial charge in [-0.05, 0) is 19.1 Å². The molecule has 0 aliphatic rings. The van der Waals surface area contributed by atoms with Crippen molar-refractivity contribution in [2.24, 2.45) is 5.73 Å². The third kappa shape index (κ3) is 3.74. The highest BCUT2D eigenvalue weighted by molar-refractivity contribution is 9.10. The standard InChI is InChI=1S/C11H12BrF2NO2/c1-2-17-10(16)5-9(15)11-7(13)3-6(12)4-8(11)14/h3-4,9H,2,5,15H2,1H3/t9-/m0/s1. The highest BCUT2D eigenvalue weighted by Crippen LogP contribution is 2.25. The zero-order valence-corrected chi connectivity index (χ0v) is 10.8. The van der Waals surface area contributed by atoms with Crippen LogP contribution < -0.4 is 5.73 Å². The summed E-state index contributed by atoms with van der Waals surface area (Å²) in [6, 6.07) is 1.15. The summed E-state index contributed by atoms with van der Waals surface area (Å²) in [5, 5.41) is 0. The van der Waals surface area contributed by atoms with Gasteiger partial charge in [-0.1, -0.05) is 15.9 Å². The normalized spacial score (nSPS) is 12.3. The smallest absolute Gasteiger partial charge is 0.307 e. The van der Waals surface area contributed by atoms with Crippen molar-refractivity contribution in [3.05, 3.63) is 33.8 Å². The van der Waals surface area contributed by atoms with Gasteiger partial charge in [-0.15, -0.1) is 0 Å². The van der Waals surface area contributed by atoms with E-state index in [-0.39, 0.29) is 23.1 Å². The van der Waals surface area contributed by atoms with Crippen LogP contribution in [0, 0.1) is 11.6 Å². The predicted molar refractivity (Wildman–Crippen MR) is 62.2 cm³/mol. The quantitative estimate of drug-likeness (QED) is 0.870. The molecule has 0 bridgehead atoms. The lowest BCUT2D eigenvalue weighted by atomic mass is 10.0. The Morgan fingerprint density at radius 3 is 2.47 bits per heavy atom. The molecule has 2 N–H and O–H groups in total. The summed E-state index contributed by atoms with van der Waals surface area (Å²) in [5.41, 5.74) is 5.28. The second-order valence-corrected chi connectivity index (χ2v) is 4.31. The molecule has 0 heterocycles. The van der Waals surface area contributed by atoms with Crippen molar-refractivity contribution < 1.29 is 18.3 Å². The number of esters is 1. The van der Waals surface area contributed by atoms with E-state index < -0.39 is 23.6 Å². The average Bonchev–Trinajstić information content (AvgIpc) is 2.15. The fraction of sp³-hybridized carbons (Fsp3) is 0.364. The molecule has 1 aromatic rings. The Bertz CT molecular complexity index is 403. The summed E-state index contributed by atoms with van der Waals surface area (Å²) in [6.45, 7) is 1.85. The molecular weight excluding hydrogens is 296 g/mol. The number of carbonyl (C=O) groups is 1. The van der Waals surface area contributed by atoms with E-state index in [2.05, 4.69) is 20.7 Å². The third-order valence-electron chi connectivity index (χ3n) is 2.11. The first-order valence-electron chi connectivity index (χ1n) is 5.01. The molecule has 3 nitrogen and oxygen atoms in total. The number of benzene rings is 1. The van der Waals surface area contributed by atoms with Crippen LogP contribution in [0.15, 0.2) is 16.6 Å². The number of hydrogen-bond acceptors (Lipinski definition) is 3. The van der Waals surface area contributed by atoms with Gasteiger partial charge in [-0.25, -0.2) is 8.78 Å². The van der Waals surface area contributed by atoms with Crippen molar-refractivity contribution in [3.63, 3.8) is 0 Å². The van der Waals surface area contributed by atoms with Crippen LogP contribution in [0.4, 0.5) is 8.78 Å². The van der Waals surface area contributed by atoms with Gasteiger partial charge in [0.1, 0.15) is 11.6 Å². The molecule has 94 valence electrons. The summed E-state index contributed by atoms with van der Waals surface area (Å²) >= 11 is 2.96. The fourth-order valence-electron chi connectivity index (χ4n) is 1.41. The number of nitrogens with two attached hydrogens (primary N) is 1. The summed E-state index contributed by atoms with van der Waals surface area (Å²) in [5.74, 6) is -2.15. The van der Waals surface area contributed by atoms with Gasteiger partial charge in [-0.2, -0.15) is 0 Å². The van der Waals surface area contributed by atoms with Crippen LogP contribution in [0.2, 0.25) is 0 Å². The summed E-state index contributed by atoms with van der Waals surface area (Å²) in [7, 11) is 0. The molecule has 0 aliphatic heterocycles. The van der Waals surface area contributed by atoms with Crippen LogP contribution in [0.25, 0.3) is 0 Å². The molecule has 1 aromatic carbocycles. The monoisotopic (exact) mass is 307 g/mol. The van der Waals surface area contributed by atoms with Crippen molar-refractivity contribution in [1.29, 1.82) is 0 Å². The molecular formula is C11H12BrF2NO2. The van der Waals surface area contributed by atoms with Crippen molar-refractivity contribution in [1.82, 2.24) is 0 Å². The minimum atomic E-state index is -1.05. The third-order valence-corrected chi connectivity index (χ3v) is 2.56. The van der Waals surface area contributed by atoms with Gasteiger partial charge in [0, 0.05) is 16.1 Å². The van der Waals surface area contributed by atoms with Crippen LogP contribution >= 0.6 is 15.9 Å². The molecule has 0 unspecified atom stereocenters. The number of hydrogen-bond donors (Lipinski definition) is 1. The Labute approximate surface area is 106 Å². The Balaban J connectivity index is 2.89. The summed E-state index contributed by atoms with van der Waals surface area (Å²) < 4.78 is 31.9. The van der Waals surface area contributed by atoms with Gasteiger partial charge in [0.15, 0.2) is 0 Å². The van der Waals surface area contributed by atoms with E-state index in [1.54, 1.807) is 6.92 Å². The lowest BCUT2D eigenvalue weighted by Gasteiger charge is -2.13. The minimum Gasteiger partial charge on any atom is -0.466 e. The SMILES string of the molecule is CCOC(=O)C[C@H](N)c1c(F)cc(Br)cc1F. The van der Waals surface area contributed by atoms with Crippen molar-refractivity contribution in [2.75, 3.05) is 6.61 Å². The molecule has 0 spiro atoms. The second-order valence-electron chi connectivity index (χ2n) is 3.40. The highest BCUT2D eigenvalue weighted by atomic mass is 79.9. The van der Waals surface area contributed by atoms with Gasteiger partial charge in [0.2, 0.25) is 0 Å². The first-order valence-corrected chi connectivity index (χ1v) is 5.80. The minimum absolute atomic E-state index is 0.205. The number of rotatable bonds is 4. The first-order chi connectivity index (χ1) is 7.95. The van der Waals surface area contributed by atoms with Crippen molar-refractivity contribution >= 4 is 21.9 Å². The number of ether oxygens (including phenoxy) is 1. The number of halogens is 3. The maximum atomic E-state index is 13.5. The first kappa shape index (κ1) is 14.1. The van der Waals surface area contributed by atoms with Crippen LogP contribution in [-0.4, -0.2) is 12.6 Å². The largest absolute Gasteiger partial charge is 0.466 e. The zero-order valence-electron chi connectivity index (χ0n) is 9.17. The van der Waals surface area contributed by atoms with E-state index in [1.165, 1.54) is 0 Å². The van der Waals surface area contributed by atoms with Gasteiger partial charge < -0.3 is 10.5 Å². The van der Waals surface area contributed by atoms with E-state index in [0.29, 0.717) is 0 Å². The molecule has 0 fully saturated rings. The maximum Gasteiger partial charge on any atom is 0.307 e. The molecule has 17 heavy (non-hydrogen) atoms. The van der Waals surface area contributed by atoms with E-state index >= 15 is 0 Å². The second kappa shape index (κ2) is 6.07. The van der Waals surface area contributed by atoms with E-state index in [0.717, 1.165) is 12.1 Å². The Hall–Kier alpha value is -1.01. The summed E-state index contributed by atoms with van der Waals surface area (Å²) in [4.78, 5) is 11.2. The Kier molecular flexibility index (Phi) is 5.02. The van der Waals surface area contributed by atoms with E-state index in [9.17, 15) is 13.6 Å². The van der Waals surface area contributed by atoms with Crippen molar-refractivity contribution in [2.45, 2.75) is 19.4 Å². The molecule has 0 aromatic heterocycles. The summed E-state index contributed by atoms with van der Waals surface area (Å²) in [6.07, 6.45) is -0.261. The fourth-order valence-corrected chi connectivity index (χ4v) is 1.81. The van der Waals surface area contributed by atoms with Crippen LogP contribution in [0.5, 0.6) is 0 Å². The molecule has 0 saturated carbocycles. The molecule has 0 radical (unpaired) electrons. The van der Waals surface area contributed by atoms with Crippen LogP contribution in [0.1, 0.15) is 24.9 Å². The van der Waals surface area contributed by atoms with E-state index in [1.807, 2.05) is 0 Å². The predicted octanol–water partition coefficient (Wildman–Crippen LogP) is 2.68. The van der Waals surface area contributed by atoms with Gasteiger partial charge >= 0.3 is 5.97 Å².